The molecule has 0 radical (unpaired) electrons. The van der Waals surface area contributed by atoms with Crippen LogP contribution in [0.5, 0.6) is 5.75 Å². The molecular weight excluding hydrogens is 436 g/mol. The molecule has 1 aliphatic rings. The fourth-order valence-electron chi connectivity index (χ4n) is 5.15. The molecule has 9 nitrogen and oxygen atoms in total. The average Bonchev–Trinajstić information content (AvgIpc) is 3.34. The molecule has 1 aliphatic carbocycles. The maximum atomic E-state index is 13.8. The summed E-state index contributed by atoms with van der Waals surface area (Å²) in [6, 6.07) is 0. The Morgan fingerprint density at radius 1 is 0.676 bits per heavy atom. The number of aromatic hydroxyl groups is 1. The highest BCUT2D eigenvalue weighted by atomic mass is 16.3. The summed E-state index contributed by atoms with van der Waals surface area (Å²) >= 11 is 0. The highest BCUT2D eigenvalue weighted by Gasteiger charge is 2.53. The number of hydrogen-bond donors (Lipinski definition) is 4. The molecule has 2 atom stereocenters. The molecule has 0 amide bonds. The van der Waals surface area contributed by atoms with E-state index in [0.717, 1.165) is 0 Å². The molecule has 4 heterocycles. The summed E-state index contributed by atoms with van der Waals surface area (Å²) in [7, 11) is 0. The van der Waals surface area contributed by atoms with Crippen LogP contribution in [-0.2, 0) is 14.4 Å². The molecule has 4 aromatic heterocycles. The molecule has 2 unspecified atom stereocenters. The van der Waals surface area contributed by atoms with Gasteiger partial charge in [0.1, 0.15) is 17.4 Å². The minimum Gasteiger partial charge on any atom is -0.505 e. The molecule has 174 valence electrons. The van der Waals surface area contributed by atoms with Crippen LogP contribution in [0.15, 0.2) is 4.79 Å². The Kier molecular flexibility index (Phi) is 4.49. The van der Waals surface area contributed by atoms with Gasteiger partial charge in [0.2, 0.25) is 22.5 Å². The number of nitrogens with one attached hydrogen (secondary N) is 4. The molecule has 5 rings (SSSR count). The zero-order valence-electron chi connectivity index (χ0n) is 19.7. The number of H-pyrrole nitrogens is 4. The van der Waals surface area contributed by atoms with Crippen LogP contribution in [0.2, 0.25) is 0 Å². The molecule has 5 N–H and O–H groups in total. The Hall–Kier alpha value is -4.01. The Morgan fingerprint density at radius 2 is 1.21 bits per heavy atom. The average molecular weight is 461 g/mol. The van der Waals surface area contributed by atoms with Crippen molar-refractivity contribution in [2.24, 2.45) is 0 Å². The van der Waals surface area contributed by atoms with E-state index in [1.54, 1.807) is 41.5 Å². The van der Waals surface area contributed by atoms with Gasteiger partial charge in [-0.2, -0.15) is 0 Å². The smallest absolute Gasteiger partial charge is 0.237 e. The predicted octanol–water partition coefficient (Wildman–Crippen LogP) is 2.30. The number of rotatable bonds is 2. The van der Waals surface area contributed by atoms with E-state index in [-0.39, 0.29) is 16.7 Å². The molecule has 4 aromatic rings. The molecule has 1 saturated carbocycles. The fourth-order valence-corrected chi connectivity index (χ4v) is 5.15. The molecule has 1 fully saturated rings. The number of carbonyl (C=O) groups excluding carboxylic acids is 3. The van der Waals surface area contributed by atoms with E-state index in [0.29, 0.717) is 61.6 Å². The number of fused-ring (bicyclic) bond motifs is 2. The third kappa shape index (κ3) is 2.63. The van der Waals surface area contributed by atoms with Crippen molar-refractivity contribution < 1.29 is 24.5 Å². The number of ketones is 3. The van der Waals surface area contributed by atoms with Gasteiger partial charge in [0, 0.05) is 35.1 Å². The lowest BCUT2D eigenvalue weighted by Crippen LogP contribution is -2.19. The zero-order valence-corrected chi connectivity index (χ0v) is 19.7. The second kappa shape index (κ2) is 6.99. The van der Waals surface area contributed by atoms with Crippen molar-refractivity contribution in [3.05, 3.63) is 55.3 Å². The van der Waals surface area contributed by atoms with E-state index in [9.17, 15) is 24.3 Å². The Labute approximate surface area is 193 Å². The van der Waals surface area contributed by atoms with Crippen LogP contribution in [0.1, 0.15) is 56.9 Å². The summed E-state index contributed by atoms with van der Waals surface area (Å²) in [4.78, 5) is 65.4. The fraction of sp³-hybridized carbons (Fsp3) is 0.320. The van der Waals surface area contributed by atoms with E-state index in [1.165, 1.54) is 0 Å². The lowest BCUT2D eigenvalue weighted by Gasteiger charge is -2.10. The highest BCUT2D eigenvalue weighted by molar-refractivity contribution is 6.55. The molecule has 0 bridgehead atoms. The van der Waals surface area contributed by atoms with Crippen molar-refractivity contribution in [2.45, 2.75) is 53.4 Å². The first-order chi connectivity index (χ1) is 16.0. The van der Waals surface area contributed by atoms with Crippen molar-refractivity contribution in [1.29, 1.82) is 0 Å². The van der Waals surface area contributed by atoms with Crippen LogP contribution in [0.25, 0.3) is 22.1 Å². The lowest BCUT2D eigenvalue weighted by atomic mass is 9.90. The number of carbonyl (C=O) groups is 3. The Bertz CT molecular complexity index is 1670. The van der Waals surface area contributed by atoms with Gasteiger partial charge in [-0.25, -0.2) is 4.98 Å². The van der Waals surface area contributed by atoms with Gasteiger partial charge >= 0.3 is 0 Å². The summed E-state index contributed by atoms with van der Waals surface area (Å²) in [6.45, 7) is 10.4. The molecule has 9 heteroatoms. The standard InChI is InChI=1S/C25H24N4O5/c1-7-9(3)26-17-13(11(5)28-19(17)21(7)30)15-23(32)16(25(34)24(15)33)14-12(6)29-20-18(14)27-10(4)8(2)22(20)31/h15-16,28-29H,1-6H3,(H,26,30)(H,27,31)/p+1. The van der Waals surface area contributed by atoms with Crippen molar-refractivity contribution in [2.75, 3.05) is 0 Å². The van der Waals surface area contributed by atoms with Crippen molar-refractivity contribution in [3.8, 4) is 5.75 Å². The minimum atomic E-state index is -1.33. The summed E-state index contributed by atoms with van der Waals surface area (Å²) in [5.41, 5.74) is 5.41. The third-order valence-corrected chi connectivity index (χ3v) is 7.29. The van der Waals surface area contributed by atoms with E-state index < -0.39 is 29.2 Å². The van der Waals surface area contributed by atoms with Gasteiger partial charge in [-0.05, 0) is 34.6 Å². The van der Waals surface area contributed by atoms with Crippen LogP contribution < -0.4 is 10.4 Å². The number of aromatic nitrogens is 4. The van der Waals surface area contributed by atoms with Crippen LogP contribution in [-0.4, -0.2) is 37.4 Å². The minimum absolute atomic E-state index is 0.0252. The van der Waals surface area contributed by atoms with Gasteiger partial charge in [-0.3, -0.25) is 19.2 Å². The van der Waals surface area contributed by atoms with E-state index in [2.05, 4.69) is 19.9 Å². The van der Waals surface area contributed by atoms with Gasteiger partial charge < -0.3 is 20.1 Å². The monoisotopic (exact) mass is 461 g/mol. The lowest BCUT2D eigenvalue weighted by molar-refractivity contribution is -0.355. The van der Waals surface area contributed by atoms with Gasteiger partial charge in [0.25, 0.3) is 0 Å². The van der Waals surface area contributed by atoms with Crippen LogP contribution >= 0.6 is 0 Å². The topological polar surface area (TPSA) is 150 Å². The maximum Gasteiger partial charge on any atom is 0.237 e. The SMILES string of the molecule is Cc1[nH]c2c(C3C(=O)C(=O)C(c4c(C)[nH]c5c(O)c(C)c(C)[nH+]c45)C3=O)c(C)[nH]c2c(=O)c1C. The van der Waals surface area contributed by atoms with Gasteiger partial charge in [-0.15, -0.1) is 0 Å². The maximum absolute atomic E-state index is 13.8. The van der Waals surface area contributed by atoms with Crippen molar-refractivity contribution in [3.63, 3.8) is 0 Å². The number of aromatic amines is 4. The van der Waals surface area contributed by atoms with Gasteiger partial charge in [-0.1, -0.05) is 0 Å². The summed E-state index contributed by atoms with van der Waals surface area (Å²) in [6.07, 6.45) is 0. The second-order valence-corrected chi connectivity index (χ2v) is 9.25. The Morgan fingerprint density at radius 3 is 1.85 bits per heavy atom. The highest BCUT2D eigenvalue weighted by Crippen LogP contribution is 2.43. The molecule has 0 spiro atoms. The van der Waals surface area contributed by atoms with Crippen LogP contribution in [0.3, 0.4) is 0 Å². The molecule has 34 heavy (non-hydrogen) atoms. The molecule has 0 aromatic carbocycles. The quantitative estimate of drug-likeness (QED) is 0.267. The molecule has 0 aliphatic heterocycles. The van der Waals surface area contributed by atoms with E-state index >= 15 is 0 Å². The normalized spacial score (nSPS) is 18.7. The first kappa shape index (κ1) is 21.8. The van der Waals surface area contributed by atoms with Crippen molar-refractivity contribution >= 4 is 39.4 Å². The molecular formula is C25H25N4O5+. The number of aryl methyl sites for hydroxylation is 4. The number of pyridine rings is 2. The number of Topliss-reactive ketones (excluding diaryl/α,β-unsaturated/α-hetero) is 3. The van der Waals surface area contributed by atoms with E-state index in [4.69, 9.17) is 0 Å². The first-order valence-electron chi connectivity index (χ1n) is 11.0. The second-order valence-electron chi connectivity index (χ2n) is 9.25. The van der Waals surface area contributed by atoms with Crippen molar-refractivity contribution in [1.82, 2.24) is 15.0 Å². The summed E-state index contributed by atoms with van der Waals surface area (Å²) < 4.78 is 0. The zero-order chi connectivity index (χ0) is 24.8. The van der Waals surface area contributed by atoms with E-state index in [1.807, 2.05) is 0 Å². The number of hydrogen-bond acceptors (Lipinski definition) is 5. The van der Waals surface area contributed by atoms with Gasteiger partial charge in [0.05, 0.1) is 16.6 Å². The summed E-state index contributed by atoms with van der Waals surface area (Å²) in [5.74, 6) is -4.77. The predicted molar refractivity (Wildman–Crippen MR) is 124 cm³/mol. The first-order valence-corrected chi connectivity index (χ1v) is 11.0. The Balaban J connectivity index is 1.74. The largest absolute Gasteiger partial charge is 0.505 e. The van der Waals surface area contributed by atoms with Gasteiger partial charge in [0.15, 0.2) is 22.7 Å². The summed E-state index contributed by atoms with van der Waals surface area (Å²) in [5, 5.41) is 10.6. The third-order valence-electron chi connectivity index (χ3n) is 7.29. The van der Waals surface area contributed by atoms with Crippen LogP contribution in [0, 0.1) is 41.5 Å². The van der Waals surface area contributed by atoms with Crippen LogP contribution in [0.4, 0.5) is 0 Å². The molecule has 0 saturated heterocycles.